The number of nitrogens with zero attached hydrogens (tertiary/aromatic N) is 2. The minimum atomic E-state index is 0.117. The van der Waals surface area contributed by atoms with Crippen LogP contribution in [0.3, 0.4) is 0 Å². The van der Waals surface area contributed by atoms with Crippen LogP contribution in [0.2, 0.25) is 0 Å². The molecule has 0 atom stereocenters. The van der Waals surface area contributed by atoms with Crippen molar-refractivity contribution in [1.82, 2.24) is 15.5 Å². The lowest BCUT2D eigenvalue weighted by atomic mass is 9.79. The number of nitrogens with one attached hydrogen (secondary N) is 2. The van der Waals surface area contributed by atoms with Gasteiger partial charge < -0.3 is 20.6 Å². The van der Waals surface area contributed by atoms with Gasteiger partial charge in [-0.25, -0.2) is 0 Å². The molecule has 0 spiro atoms. The molecule has 0 unspecified atom stereocenters. The van der Waals surface area contributed by atoms with E-state index < -0.39 is 0 Å². The highest BCUT2D eigenvalue weighted by Gasteiger charge is 2.25. The zero-order chi connectivity index (χ0) is 17.0. The third kappa shape index (κ3) is 7.99. The first-order valence-corrected chi connectivity index (χ1v) is 8.78. The average Bonchev–Trinajstić information content (AvgIpc) is 2.51. The number of rotatable bonds is 11. The number of aliphatic hydroxyl groups excluding tert-OH is 1. The Morgan fingerprint density at radius 1 is 1.18 bits per heavy atom. The lowest BCUT2D eigenvalue weighted by Gasteiger charge is -2.29. The van der Waals surface area contributed by atoms with Crippen LogP contribution in [0.25, 0.3) is 0 Å². The number of hydrogen-bond acceptors (Lipinski definition) is 3. The number of aliphatic imine (C=N–C) groups is 1. The van der Waals surface area contributed by atoms with Gasteiger partial charge >= 0.3 is 0 Å². The fourth-order valence-electron chi connectivity index (χ4n) is 2.34. The Bertz CT molecular complexity index is 301. The summed E-state index contributed by atoms with van der Waals surface area (Å²) in [6, 6.07) is 0.554. The van der Waals surface area contributed by atoms with Crippen LogP contribution < -0.4 is 10.6 Å². The maximum Gasteiger partial charge on any atom is 0.191 e. The zero-order valence-electron chi connectivity index (χ0n) is 15.6. The Kier molecular flexibility index (Phi) is 11.3. The van der Waals surface area contributed by atoms with E-state index in [4.69, 9.17) is 4.99 Å². The molecule has 5 heteroatoms. The van der Waals surface area contributed by atoms with E-state index in [1.165, 1.54) is 0 Å². The molecule has 0 aromatic rings. The molecule has 0 aliphatic heterocycles. The summed E-state index contributed by atoms with van der Waals surface area (Å²) in [5.74, 6) is 0.879. The summed E-state index contributed by atoms with van der Waals surface area (Å²) in [7, 11) is 2.14. The van der Waals surface area contributed by atoms with Gasteiger partial charge in [0, 0.05) is 38.8 Å². The first-order chi connectivity index (χ1) is 10.4. The van der Waals surface area contributed by atoms with E-state index in [1.807, 2.05) is 0 Å². The van der Waals surface area contributed by atoms with Crippen LogP contribution in [-0.4, -0.2) is 61.8 Å². The normalized spacial score (nSPS) is 13.0. The molecule has 132 valence electrons. The van der Waals surface area contributed by atoms with E-state index in [-0.39, 0.29) is 12.0 Å². The number of aliphatic hydroxyl groups is 1. The van der Waals surface area contributed by atoms with Crippen LogP contribution in [0.1, 0.15) is 53.9 Å². The highest BCUT2D eigenvalue weighted by Crippen LogP contribution is 2.30. The van der Waals surface area contributed by atoms with Crippen molar-refractivity contribution in [3.05, 3.63) is 0 Å². The first kappa shape index (κ1) is 21.2. The molecule has 5 nitrogen and oxygen atoms in total. The van der Waals surface area contributed by atoms with Crippen LogP contribution in [0.4, 0.5) is 0 Å². The quantitative estimate of drug-likeness (QED) is 0.404. The molecule has 0 amide bonds. The van der Waals surface area contributed by atoms with Crippen molar-refractivity contribution in [3.63, 3.8) is 0 Å². The second-order valence-electron chi connectivity index (χ2n) is 6.38. The smallest absolute Gasteiger partial charge is 0.191 e. The molecular weight excluding hydrogens is 276 g/mol. The summed E-state index contributed by atoms with van der Waals surface area (Å²) >= 11 is 0. The van der Waals surface area contributed by atoms with Gasteiger partial charge in [0.25, 0.3) is 0 Å². The van der Waals surface area contributed by atoms with Crippen LogP contribution >= 0.6 is 0 Å². The highest BCUT2D eigenvalue weighted by atomic mass is 16.3. The lowest BCUT2D eigenvalue weighted by molar-refractivity contribution is 0.175. The molecule has 0 aliphatic rings. The summed E-state index contributed by atoms with van der Waals surface area (Å²) in [6.07, 6.45) is 2.91. The topological polar surface area (TPSA) is 59.9 Å². The summed E-state index contributed by atoms with van der Waals surface area (Å²) in [6.45, 7) is 14.6. The molecular formula is C17H38N4O. The molecule has 0 saturated heterocycles. The van der Waals surface area contributed by atoms with Crippen molar-refractivity contribution in [2.75, 3.05) is 39.8 Å². The van der Waals surface area contributed by atoms with E-state index in [9.17, 15) is 5.11 Å². The SMILES string of the molecule is CCNC(=NCC(CC)(CC)CCO)NCCN(C)C(C)C. The van der Waals surface area contributed by atoms with Gasteiger partial charge in [0.1, 0.15) is 0 Å². The fourth-order valence-corrected chi connectivity index (χ4v) is 2.34. The number of likely N-dealkylation sites (N-methyl/N-ethyl adjacent to an activating group) is 1. The molecule has 0 aliphatic carbocycles. The van der Waals surface area contributed by atoms with Crippen LogP contribution in [0.5, 0.6) is 0 Å². The number of guanidine groups is 1. The minimum Gasteiger partial charge on any atom is -0.396 e. The molecule has 0 saturated carbocycles. The maximum absolute atomic E-state index is 9.30. The minimum absolute atomic E-state index is 0.117. The highest BCUT2D eigenvalue weighted by molar-refractivity contribution is 5.79. The Morgan fingerprint density at radius 2 is 1.82 bits per heavy atom. The summed E-state index contributed by atoms with van der Waals surface area (Å²) in [5, 5.41) is 16.0. The van der Waals surface area contributed by atoms with Crippen LogP contribution in [-0.2, 0) is 0 Å². The third-order valence-electron chi connectivity index (χ3n) is 4.70. The first-order valence-electron chi connectivity index (χ1n) is 8.78. The molecule has 0 fully saturated rings. The van der Waals surface area contributed by atoms with Crippen molar-refractivity contribution in [2.24, 2.45) is 10.4 Å². The predicted molar refractivity (Wildman–Crippen MR) is 96.5 cm³/mol. The van der Waals surface area contributed by atoms with Crippen LogP contribution in [0.15, 0.2) is 4.99 Å². The average molecular weight is 315 g/mol. The van der Waals surface area contributed by atoms with Crippen molar-refractivity contribution in [2.45, 2.75) is 59.9 Å². The monoisotopic (exact) mass is 314 g/mol. The van der Waals surface area contributed by atoms with Gasteiger partial charge in [-0.2, -0.15) is 0 Å². The fraction of sp³-hybridized carbons (Fsp3) is 0.941. The Labute approximate surface area is 137 Å². The molecule has 0 heterocycles. The molecule has 3 N–H and O–H groups in total. The summed E-state index contributed by atoms with van der Waals surface area (Å²) in [4.78, 5) is 7.06. The Balaban J connectivity index is 4.58. The van der Waals surface area contributed by atoms with E-state index in [2.05, 4.69) is 57.2 Å². The second kappa shape index (κ2) is 11.7. The largest absolute Gasteiger partial charge is 0.396 e. The summed E-state index contributed by atoms with van der Waals surface area (Å²) < 4.78 is 0. The van der Waals surface area contributed by atoms with E-state index in [0.29, 0.717) is 6.04 Å². The van der Waals surface area contributed by atoms with Gasteiger partial charge in [-0.3, -0.25) is 4.99 Å². The molecule has 22 heavy (non-hydrogen) atoms. The van der Waals surface area contributed by atoms with Crippen LogP contribution in [0, 0.1) is 5.41 Å². The van der Waals surface area contributed by atoms with Crippen molar-refractivity contribution >= 4 is 5.96 Å². The standard InChI is InChI=1S/C17H38N4O/c1-7-17(8-2,10-13-22)14-20-16(18-9-3)19-11-12-21(6)15(4)5/h15,22H,7-14H2,1-6H3,(H2,18,19,20). The second-order valence-corrected chi connectivity index (χ2v) is 6.38. The molecule has 0 bridgehead atoms. The van der Waals surface area contributed by atoms with E-state index in [1.54, 1.807) is 0 Å². The van der Waals surface area contributed by atoms with E-state index in [0.717, 1.165) is 51.4 Å². The molecule has 0 rings (SSSR count). The number of hydrogen-bond donors (Lipinski definition) is 3. The molecule has 0 radical (unpaired) electrons. The van der Waals surface area contributed by atoms with Gasteiger partial charge in [0.2, 0.25) is 0 Å². The van der Waals surface area contributed by atoms with Gasteiger partial charge in [-0.1, -0.05) is 13.8 Å². The van der Waals surface area contributed by atoms with Gasteiger partial charge in [-0.05, 0) is 52.5 Å². The third-order valence-corrected chi connectivity index (χ3v) is 4.70. The molecule has 0 aromatic carbocycles. The maximum atomic E-state index is 9.30. The predicted octanol–water partition coefficient (Wildman–Crippen LogP) is 2.07. The zero-order valence-corrected chi connectivity index (χ0v) is 15.6. The van der Waals surface area contributed by atoms with Gasteiger partial charge in [0.15, 0.2) is 5.96 Å². The van der Waals surface area contributed by atoms with Crippen molar-refractivity contribution in [3.8, 4) is 0 Å². The Hall–Kier alpha value is -0.810. The molecule has 0 aromatic heterocycles. The van der Waals surface area contributed by atoms with E-state index >= 15 is 0 Å². The lowest BCUT2D eigenvalue weighted by Crippen LogP contribution is -2.42. The van der Waals surface area contributed by atoms with Gasteiger partial charge in [0.05, 0.1) is 0 Å². The summed E-state index contributed by atoms with van der Waals surface area (Å²) in [5.41, 5.74) is 0.117. The van der Waals surface area contributed by atoms with Crippen molar-refractivity contribution in [1.29, 1.82) is 0 Å². The van der Waals surface area contributed by atoms with Crippen molar-refractivity contribution < 1.29 is 5.11 Å². The van der Waals surface area contributed by atoms with Gasteiger partial charge in [-0.15, -0.1) is 0 Å². The Morgan fingerprint density at radius 3 is 2.27 bits per heavy atom.